The van der Waals surface area contributed by atoms with Crippen molar-refractivity contribution in [2.45, 2.75) is 6.42 Å². The topological polar surface area (TPSA) is 146 Å². The molecule has 0 fully saturated rings. The molecular weight excluding hydrogens is 360 g/mol. The molecule has 2 aromatic rings. The van der Waals surface area contributed by atoms with Crippen LogP contribution in [0.3, 0.4) is 0 Å². The van der Waals surface area contributed by atoms with Crippen molar-refractivity contribution in [3.05, 3.63) is 67.8 Å². The van der Waals surface area contributed by atoms with E-state index in [1.807, 2.05) is 0 Å². The summed E-state index contributed by atoms with van der Waals surface area (Å²) >= 11 is 0. The minimum Gasteiger partial charge on any atom is -0.454 e. The number of fused-ring (bicyclic) bond motifs is 1. The number of hydrazone groups is 1. The molecule has 0 bridgehead atoms. The lowest BCUT2D eigenvalue weighted by Gasteiger charge is -2.02. The van der Waals surface area contributed by atoms with Crippen molar-refractivity contribution in [3.63, 3.8) is 0 Å². The third-order valence-corrected chi connectivity index (χ3v) is 3.62. The van der Waals surface area contributed by atoms with Crippen LogP contribution in [0.5, 0.6) is 11.5 Å². The summed E-state index contributed by atoms with van der Waals surface area (Å²) in [5, 5.41) is 25.5. The number of benzene rings is 2. The second-order valence-corrected chi connectivity index (χ2v) is 5.41. The number of hydrogen-bond acceptors (Lipinski definition) is 8. The number of nitrogens with one attached hydrogen (secondary N) is 1. The number of amides is 1. The Hall–Kier alpha value is -4.02. The average molecular weight is 372 g/mol. The molecule has 3 rings (SSSR count). The highest BCUT2D eigenvalue weighted by Gasteiger charge is 2.22. The van der Waals surface area contributed by atoms with E-state index in [1.54, 1.807) is 0 Å². The van der Waals surface area contributed by atoms with Gasteiger partial charge in [0.1, 0.15) is 0 Å². The molecule has 0 spiro atoms. The van der Waals surface area contributed by atoms with E-state index in [-0.39, 0.29) is 35.9 Å². The van der Waals surface area contributed by atoms with Crippen LogP contribution in [0.25, 0.3) is 0 Å². The van der Waals surface area contributed by atoms with Crippen LogP contribution in [-0.4, -0.2) is 28.8 Å². The van der Waals surface area contributed by atoms with E-state index in [0.29, 0.717) is 11.3 Å². The first kappa shape index (κ1) is 17.8. The van der Waals surface area contributed by atoms with Gasteiger partial charge in [-0.15, -0.1) is 0 Å². The van der Waals surface area contributed by atoms with Crippen LogP contribution >= 0.6 is 0 Å². The predicted octanol–water partition coefficient (Wildman–Crippen LogP) is 1.92. The van der Waals surface area contributed by atoms with Gasteiger partial charge < -0.3 is 9.47 Å². The summed E-state index contributed by atoms with van der Waals surface area (Å²) < 4.78 is 10.3. The minimum absolute atomic E-state index is 0.0287. The van der Waals surface area contributed by atoms with Crippen LogP contribution in [0.1, 0.15) is 11.1 Å². The van der Waals surface area contributed by atoms with Gasteiger partial charge in [-0.25, -0.2) is 5.43 Å². The molecule has 2 aromatic carbocycles. The van der Waals surface area contributed by atoms with E-state index in [9.17, 15) is 25.0 Å². The van der Waals surface area contributed by atoms with E-state index < -0.39 is 15.8 Å². The van der Waals surface area contributed by atoms with E-state index in [1.165, 1.54) is 36.4 Å². The number of ether oxygens (including phenoxy) is 2. The molecule has 0 atom stereocenters. The normalized spacial score (nSPS) is 12.1. The summed E-state index contributed by atoms with van der Waals surface area (Å²) in [5.41, 5.74) is 2.63. The van der Waals surface area contributed by atoms with E-state index in [2.05, 4.69) is 10.5 Å². The molecule has 1 aliphatic rings. The summed E-state index contributed by atoms with van der Waals surface area (Å²) in [6.45, 7) is -0.0287. The Kier molecular flexibility index (Phi) is 4.92. The van der Waals surface area contributed by atoms with Crippen LogP contribution in [0.2, 0.25) is 0 Å². The first-order valence-electron chi connectivity index (χ1n) is 7.57. The van der Waals surface area contributed by atoms with Gasteiger partial charge in [-0.2, -0.15) is 5.10 Å². The Balaban J connectivity index is 1.65. The van der Waals surface area contributed by atoms with Gasteiger partial charge in [0.15, 0.2) is 11.5 Å². The summed E-state index contributed by atoms with van der Waals surface area (Å²) in [5.74, 6) is 0.129. The van der Waals surface area contributed by atoms with Gasteiger partial charge in [-0.3, -0.25) is 25.0 Å². The number of hydrogen-bond donors (Lipinski definition) is 1. The molecule has 11 heteroatoms. The third-order valence-electron chi connectivity index (χ3n) is 3.62. The fourth-order valence-corrected chi connectivity index (χ4v) is 2.34. The summed E-state index contributed by atoms with van der Waals surface area (Å²) in [6.07, 6.45) is 1.08. The van der Waals surface area contributed by atoms with Crippen LogP contribution < -0.4 is 14.9 Å². The van der Waals surface area contributed by atoms with Crippen molar-refractivity contribution in [3.8, 4) is 11.5 Å². The lowest BCUT2D eigenvalue weighted by Crippen LogP contribution is -2.19. The maximum Gasteiger partial charge on any atom is 0.282 e. The van der Waals surface area contributed by atoms with Crippen LogP contribution in [0, 0.1) is 20.2 Å². The van der Waals surface area contributed by atoms with Crippen LogP contribution in [-0.2, 0) is 11.2 Å². The number of carbonyl (C=O) groups excluding carboxylic acids is 1. The highest BCUT2D eigenvalue weighted by molar-refractivity contribution is 5.88. The molecule has 0 aromatic heterocycles. The van der Waals surface area contributed by atoms with Crippen molar-refractivity contribution in [2.75, 3.05) is 6.79 Å². The van der Waals surface area contributed by atoms with Gasteiger partial charge in [-0.05, 0) is 11.6 Å². The fraction of sp³-hybridized carbons (Fsp3) is 0.125. The molecule has 27 heavy (non-hydrogen) atoms. The van der Waals surface area contributed by atoms with E-state index in [4.69, 9.17) is 9.47 Å². The zero-order valence-electron chi connectivity index (χ0n) is 13.7. The molecule has 0 unspecified atom stereocenters. The first-order valence-corrected chi connectivity index (χ1v) is 7.57. The van der Waals surface area contributed by atoms with Gasteiger partial charge in [-0.1, -0.05) is 12.1 Å². The van der Waals surface area contributed by atoms with Gasteiger partial charge in [0, 0.05) is 12.1 Å². The quantitative estimate of drug-likeness (QED) is 0.463. The summed E-state index contributed by atoms with van der Waals surface area (Å²) in [4.78, 5) is 32.5. The second kappa shape index (κ2) is 7.47. The van der Waals surface area contributed by atoms with Crippen molar-refractivity contribution in [1.82, 2.24) is 5.43 Å². The smallest absolute Gasteiger partial charge is 0.282 e. The number of nitro benzene ring substituents is 2. The lowest BCUT2D eigenvalue weighted by atomic mass is 10.1. The van der Waals surface area contributed by atoms with Gasteiger partial charge in [0.2, 0.25) is 12.7 Å². The highest BCUT2D eigenvalue weighted by Crippen LogP contribution is 2.37. The minimum atomic E-state index is -0.595. The number of nitro groups is 2. The van der Waals surface area contributed by atoms with Crippen LogP contribution in [0.15, 0.2) is 41.5 Å². The highest BCUT2D eigenvalue weighted by atomic mass is 16.7. The third kappa shape index (κ3) is 4.15. The molecule has 11 nitrogen and oxygen atoms in total. The SMILES string of the molecule is O=C(Cc1ccc([N+](=O)[O-])cc1)N/N=C/c1cc2c(cc1[N+](=O)[O-])OCO2. The van der Waals surface area contributed by atoms with Crippen molar-refractivity contribution >= 4 is 23.5 Å². The second-order valence-electron chi connectivity index (χ2n) is 5.41. The molecule has 0 saturated heterocycles. The summed E-state index contributed by atoms with van der Waals surface area (Å²) in [7, 11) is 0. The molecule has 1 heterocycles. The average Bonchev–Trinajstić information content (AvgIpc) is 3.08. The molecule has 1 amide bonds. The van der Waals surface area contributed by atoms with Gasteiger partial charge >= 0.3 is 0 Å². The molecular formula is C16H12N4O7. The van der Waals surface area contributed by atoms with Crippen molar-refractivity contribution in [2.24, 2.45) is 5.10 Å². The van der Waals surface area contributed by atoms with E-state index >= 15 is 0 Å². The van der Waals surface area contributed by atoms with Crippen LogP contribution in [0.4, 0.5) is 11.4 Å². The maximum atomic E-state index is 11.9. The molecule has 0 aliphatic carbocycles. The van der Waals surface area contributed by atoms with Crippen molar-refractivity contribution < 1.29 is 24.1 Å². The Morgan fingerprint density at radius 2 is 1.78 bits per heavy atom. The zero-order chi connectivity index (χ0) is 19.4. The fourth-order valence-electron chi connectivity index (χ4n) is 2.34. The number of carbonyl (C=O) groups is 1. The standard InChI is InChI=1S/C16H12N4O7/c21-16(5-10-1-3-12(4-2-10)19(22)23)18-17-8-11-6-14-15(27-9-26-14)7-13(11)20(24)25/h1-4,6-8H,5,9H2,(H,18,21)/b17-8+. The van der Waals surface area contributed by atoms with Crippen molar-refractivity contribution in [1.29, 1.82) is 0 Å². The molecule has 1 aliphatic heterocycles. The largest absolute Gasteiger partial charge is 0.454 e. The number of rotatable bonds is 6. The van der Waals surface area contributed by atoms with Gasteiger partial charge in [0.25, 0.3) is 11.4 Å². The Morgan fingerprint density at radius 1 is 1.11 bits per heavy atom. The zero-order valence-corrected chi connectivity index (χ0v) is 13.7. The maximum absolute atomic E-state index is 11.9. The number of nitrogens with zero attached hydrogens (tertiary/aromatic N) is 3. The monoisotopic (exact) mass is 372 g/mol. The molecule has 0 radical (unpaired) electrons. The Bertz CT molecular complexity index is 941. The number of non-ortho nitro benzene ring substituents is 1. The first-order chi connectivity index (χ1) is 12.9. The summed E-state index contributed by atoms with van der Waals surface area (Å²) in [6, 6.07) is 8.13. The van der Waals surface area contributed by atoms with Gasteiger partial charge in [0.05, 0.1) is 34.1 Å². The Labute approximate surface area is 151 Å². The molecule has 0 saturated carbocycles. The molecule has 1 N–H and O–H groups in total. The lowest BCUT2D eigenvalue weighted by molar-refractivity contribution is -0.385. The predicted molar refractivity (Wildman–Crippen MR) is 91.8 cm³/mol. The molecule has 138 valence electrons. The Morgan fingerprint density at radius 3 is 2.41 bits per heavy atom. The van der Waals surface area contributed by atoms with E-state index in [0.717, 1.165) is 6.21 Å².